The molecule has 96 valence electrons. The molecule has 1 aromatic heterocycles. The van der Waals surface area contributed by atoms with Gasteiger partial charge in [-0.2, -0.15) is 11.8 Å². The highest BCUT2D eigenvalue weighted by atomic mass is 32.2. The van der Waals surface area contributed by atoms with Crippen LogP contribution in [0.3, 0.4) is 0 Å². The Balaban J connectivity index is 1.68. The third-order valence-corrected chi connectivity index (χ3v) is 5.75. The summed E-state index contributed by atoms with van der Waals surface area (Å²) in [4.78, 5) is 4.47. The quantitative estimate of drug-likeness (QED) is 0.891. The molecule has 1 heterocycles. The number of hydrogen-bond donors (Lipinski definition) is 1. The third-order valence-electron chi connectivity index (χ3n) is 3.20. The Kier molecular flexibility index (Phi) is 5.32. The molecule has 1 aliphatic carbocycles. The summed E-state index contributed by atoms with van der Waals surface area (Å²) in [5.41, 5.74) is 7.30. The molecule has 0 amide bonds. The van der Waals surface area contributed by atoms with Crippen LogP contribution in [0.1, 0.15) is 42.8 Å². The molecule has 0 aliphatic heterocycles. The maximum absolute atomic E-state index is 6.18. The molecule has 1 aliphatic rings. The molecule has 4 heteroatoms. The average molecular weight is 270 g/mol. The summed E-state index contributed by atoms with van der Waals surface area (Å²) < 4.78 is 0. The lowest BCUT2D eigenvalue weighted by atomic mass is 10.0. The summed E-state index contributed by atoms with van der Waals surface area (Å²) in [5.74, 6) is 1.09. The van der Waals surface area contributed by atoms with E-state index in [1.54, 1.807) is 11.3 Å². The molecule has 0 bridgehead atoms. The van der Waals surface area contributed by atoms with E-state index in [0.29, 0.717) is 0 Å². The zero-order valence-electron chi connectivity index (χ0n) is 10.5. The Morgan fingerprint density at radius 1 is 1.47 bits per heavy atom. The van der Waals surface area contributed by atoms with Crippen molar-refractivity contribution in [3.8, 4) is 0 Å². The van der Waals surface area contributed by atoms with Crippen LogP contribution in [-0.4, -0.2) is 22.0 Å². The van der Waals surface area contributed by atoms with Gasteiger partial charge in [0.2, 0.25) is 0 Å². The molecule has 0 saturated heterocycles. The number of aryl methyl sites for hydroxylation is 1. The lowest BCUT2D eigenvalue weighted by molar-refractivity contribution is 0.515. The van der Waals surface area contributed by atoms with Crippen LogP contribution in [0.15, 0.2) is 5.38 Å². The topological polar surface area (TPSA) is 38.9 Å². The summed E-state index contributed by atoms with van der Waals surface area (Å²) in [5, 5.41) is 4.17. The Morgan fingerprint density at radius 2 is 2.24 bits per heavy atom. The van der Waals surface area contributed by atoms with E-state index < -0.39 is 0 Å². The highest BCUT2D eigenvalue weighted by Gasteiger charge is 2.15. The highest BCUT2D eigenvalue weighted by molar-refractivity contribution is 7.99. The molecule has 0 spiro atoms. The van der Waals surface area contributed by atoms with Crippen LogP contribution >= 0.6 is 23.1 Å². The number of thiazole rings is 1. The van der Waals surface area contributed by atoms with Crippen molar-refractivity contribution in [2.75, 3.05) is 5.75 Å². The van der Waals surface area contributed by atoms with Gasteiger partial charge in [-0.1, -0.05) is 19.3 Å². The molecule has 0 aromatic carbocycles. The van der Waals surface area contributed by atoms with Gasteiger partial charge >= 0.3 is 0 Å². The van der Waals surface area contributed by atoms with Gasteiger partial charge in [-0.05, 0) is 19.8 Å². The van der Waals surface area contributed by atoms with Crippen molar-refractivity contribution in [1.29, 1.82) is 0 Å². The molecular weight excluding hydrogens is 248 g/mol. The van der Waals surface area contributed by atoms with Crippen LogP contribution in [0.4, 0.5) is 0 Å². The molecule has 1 fully saturated rings. The molecule has 2 N–H and O–H groups in total. The molecule has 1 unspecified atom stereocenters. The van der Waals surface area contributed by atoms with E-state index in [9.17, 15) is 0 Å². The van der Waals surface area contributed by atoms with Crippen LogP contribution in [0, 0.1) is 6.92 Å². The van der Waals surface area contributed by atoms with Crippen molar-refractivity contribution in [2.24, 2.45) is 5.73 Å². The number of rotatable bonds is 5. The van der Waals surface area contributed by atoms with Crippen LogP contribution < -0.4 is 5.73 Å². The van der Waals surface area contributed by atoms with E-state index in [4.69, 9.17) is 5.73 Å². The van der Waals surface area contributed by atoms with Gasteiger partial charge in [0.15, 0.2) is 0 Å². The van der Waals surface area contributed by atoms with Crippen molar-refractivity contribution < 1.29 is 0 Å². The van der Waals surface area contributed by atoms with Gasteiger partial charge < -0.3 is 5.73 Å². The molecule has 17 heavy (non-hydrogen) atoms. The SMILES string of the molecule is Cc1csc(CC(N)CSC2CCCCC2)n1. The van der Waals surface area contributed by atoms with Crippen LogP contribution in [0.2, 0.25) is 0 Å². The van der Waals surface area contributed by atoms with Crippen LogP contribution in [0.5, 0.6) is 0 Å². The molecule has 0 radical (unpaired) electrons. The van der Waals surface area contributed by atoms with E-state index in [-0.39, 0.29) is 6.04 Å². The fourth-order valence-electron chi connectivity index (χ4n) is 2.27. The van der Waals surface area contributed by atoms with Gasteiger partial charge in [0, 0.05) is 34.5 Å². The Morgan fingerprint density at radius 3 is 2.88 bits per heavy atom. The minimum atomic E-state index is 0.271. The standard InChI is InChI=1S/C13H22N2S2/c1-10-8-17-13(15-10)7-11(14)9-16-12-5-3-2-4-6-12/h8,11-12H,2-7,9,14H2,1H3. The van der Waals surface area contributed by atoms with Crippen molar-refractivity contribution in [3.05, 3.63) is 16.1 Å². The Hall–Kier alpha value is -0.0600. The lowest BCUT2D eigenvalue weighted by Gasteiger charge is -2.22. The second kappa shape index (κ2) is 6.76. The molecule has 1 aromatic rings. The summed E-state index contributed by atoms with van der Waals surface area (Å²) in [7, 11) is 0. The first-order valence-corrected chi connectivity index (χ1v) is 8.45. The Labute approximate surface area is 112 Å². The van der Waals surface area contributed by atoms with Crippen molar-refractivity contribution >= 4 is 23.1 Å². The predicted octanol–water partition coefficient (Wildman–Crippen LogP) is 3.39. The molecule has 2 rings (SSSR count). The normalized spacial score (nSPS) is 19.4. The summed E-state index contributed by atoms with van der Waals surface area (Å²) in [6, 6.07) is 0.271. The second-order valence-corrected chi connectivity index (χ2v) is 7.22. The maximum atomic E-state index is 6.18. The van der Waals surface area contributed by atoms with Crippen molar-refractivity contribution in [1.82, 2.24) is 4.98 Å². The van der Waals surface area contributed by atoms with Crippen molar-refractivity contribution in [2.45, 2.75) is 56.7 Å². The second-order valence-electron chi connectivity index (χ2n) is 4.94. The van der Waals surface area contributed by atoms with E-state index in [1.807, 2.05) is 6.92 Å². The number of hydrogen-bond acceptors (Lipinski definition) is 4. The summed E-state index contributed by atoms with van der Waals surface area (Å²) in [6.45, 7) is 2.04. The van der Waals surface area contributed by atoms with E-state index in [2.05, 4.69) is 22.1 Å². The smallest absolute Gasteiger partial charge is 0.0943 e. The first-order valence-electron chi connectivity index (χ1n) is 6.52. The third kappa shape index (κ3) is 4.60. The first-order chi connectivity index (χ1) is 8.24. The number of thioether (sulfide) groups is 1. The number of aromatic nitrogens is 1. The highest BCUT2D eigenvalue weighted by Crippen LogP contribution is 2.28. The lowest BCUT2D eigenvalue weighted by Crippen LogP contribution is -2.27. The van der Waals surface area contributed by atoms with Crippen molar-refractivity contribution in [3.63, 3.8) is 0 Å². The monoisotopic (exact) mass is 270 g/mol. The fraction of sp³-hybridized carbons (Fsp3) is 0.769. The molecular formula is C13H22N2S2. The zero-order chi connectivity index (χ0) is 12.1. The fourth-order valence-corrected chi connectivity index (χ4v) is 4.44. The first kappa shape index (κ1) is 13.4. The van der Waals surface area contributed by atoms with E-state index >= 15 is 0 Å². The molecule has 2 nitrogen and oxygen atoms in total. The van der Waals surface area contributed by atoms with Gasteiger partial charge in [0.25, 0.3) is 0 Å². The number of nitrogens with two attached hydrogens (primary N) is 1. The zero-order valence-corrected chi connectivity index (χ0v) is 12.2. The van der Waals surface area contributed by atoms with Crippen LogP contribution in [-0.2, 0) is 6.42 Å². The minimum Gasteiger partial charge on any atom is -0.327 e. The van der Waals surface area contributed by atoms with Gasteiger partial charge in [-0.15, -0.1) is 11.3 Å². The van der Waals surface area contributed by atoms with E-state index in [1.165, 1.54) is 37.1 Å². The summed E-state index contributed by atoms with van der Waals surface area (Å²) >= 11 is 3.82. The van der Waals surface area contributed by atoms with Gasteiger partial charge in [-0.3, -0.25) is 0 Å². The maximum Gasteiger partial charge on any atom is 0.0943 e. The van der Waals surface area contributed by atoms with Gasteiger partial charge in [-0.25, -0.2) is 4.98 Å². The molecule has 1 saturated carbocycles. The molecule has 1 atom stereocenters. The summed E-state index contributed by atoms with van der Waals surface area (Å²) in [6.07, 6.45) is 8.00. The predicted molar refractivity (Wildman–Crippen MR) is 77.9 cm³/mol. The van der Waals surface area contributed by atoms with Crippen LogP contribution in [0.25, 0.3) is 0 Å². The average Bonchev–Trinajstić information content (AvgIpc) is 2.73. The number of nitrogens with zero attached hydrogens (tertiary/aromatic N) is 1. The van der Waals surface area contributed by atoms with Gasteiger partial charge in [0.1, 0.15) is 0 Å². The largest absolute Gasteiger partial charge is 0.327 e. The minimum absolute atomic E-state index is 0.271. The Bertz CT molecular complexity index is 332. The van der Waals surface area contributed by atoms with E-state index in [0.717, 1.165) is 23.1 Å². The van der Waals surface area contributed by atoms with Gasteiger partial charge in [0.05, 0.1) is 5.01 Å².